The van der Waals surface area contributed by atoms with E-state index >= 15 is 0 Å². The Labute approximate surface area is 141 Å². The average molecular weight is 329 g/mol. The first-order valence-electron chi connectivity index (χ1n) is 8.63. The molecule has 1 atom stereocenters. The molecule has 0 bridgehead atoms. The van der Waals surface area contributed by atoms with E-state index in [1.807, 2.05) is 24.3 Å². The second-order valence-electron chi connectivity index (χ2n) is 6.47. The molecule has 1 aromatic heterocycles. The third-order valence-corrected chi connectivity index (χ3v) is 5.05. The van der Waals surface area contributed by atoms with Crippen LogP contribution in [-0.4, -0.2) is 54.6 Å². The fourth-order valence-electron chi connectivity index (χ4n) is 3.70. The summed E-state index contributed by atoms with van der Waals surface area (Å²) in [5.74, 6) is 2.35. The first kappa shape index (κ1) is 15.6. The van der Waals surface area contributed by atoms with Gasteiger partial charge in [0.25, 0.3) is 5.89 Å². The topological polar surface area (TPSA) is 60.6 Å². The van der Waals surface area contributed by atoms with Gasteiger partial charge in [-0.2, -0.15) is 0 Å². The molecule has 0 aliphatic carbocycles. The number of hydrogen-bond donors (Lipinski definition) is 0. The summed E-state index contributed by atoms with van der Waals surface area (Å²) in [6.45, 7) is 3.86. The Kier molecular flexibility index (Phi) is 4.49. The zero-order valence-electron chi connectivity index (χ0n) is 14.0. The van der Waals surface area contributed by atoms with Crippen molar-refractivity contribution in [2.24, 2.45) is 0 Å². The maximum atomic E-state index is 5.98. The molecule has 2 aromatic rings. The number of ether oxygens (including phenoxy) is 2. The van der Waals surface area contributed by atoms with Gasteiger partial charge in [-0.15, -0.1) is 10.2 Å². The van der Waals surface area contributed by atoms with Gasteiger partial charge < -0.3 is 13.9 Å². The van der Waals surface area contributed by atoms with Crippen molar-refractivity contribution in [3.05, 3.63) is 30.2 Å². The van der Waals surface area contributed by atoms with E-state index in [9.17, 15) is 0 Å². The zero-order valence-corrected chi connectivity index (χ0v) is 14.0. The number of benzene rings is 1. The summed E-state index contributed by atoms with van der Waals surface area (Å²) in [5, 5.41) is 8.55. The van der Waals surface area contributed by atoms with Gasteiger partial charge in [0.15, 0.2) is 0 Å². The Morgan fingerprint density at radius 2 is 1.96 bits per heavy atom. The molecule has 0 spiro atoms. The summed E-state index contributed by atoms with van der Waals surface area (Å²) in [5.41, 5.74) is 0.845. The minimum atomic E-state index is 0.323. The van der Waals surface area contributed by atoms with E-state index in [0.717, 1.165) is 62.8 Å². The maximum Gasteiger partial charge on any atom is 0.251 e. The monoisotopic (exact) mass is 329 g/mol. The lowest BCUT2D eigenvalue weighted by Gasteiger charge is -2.30. The number of nitrogens with zero attached hydrogens (tertiary/aromatic N) is 3. The van der Waals surface area contributed by atoms with Crippen molar-refractivity contribution in [2.45, 2.75) is 31.2 Å². The Morgan fingerprint density at radius 3 is 2.79 bits per heavy atom. The van der Waals surface area contributed by atoms with Crippen LogP contribution in [0.25, 0.3) is 11.5 Å². The third kappa shape index (κ3) is 3.03. The first-order valence-corrected chi connectivity index (χ1v) is 8.63. The molecule has 6 heteroatoms. The average Bonchev–Trinajstić information content (AvgIpc) is 3.32. The standard InChI is InChI=1S/C18H23N3O3/c1-22-16-5-3-2-4-15(16)18-20-19-17(24-18)13-6-9-21(12-13)14-7-10-23-11-8-14/h2-5,13-14H,6-12H2,1H3. The lowest BCUT2D eigenvalue weighted by molar-refractivity contribution is 0.0417. The summed E-state index contributed by atoms with van der Waals surface area (Å²) in [4.78, 5) is 2.56. The molecule has 6 nitrogen and oxygen atoms in total. The largest absolute Gasteiger partial charge is 0.496 e. The summed E-state index contributed by atoms with van der Waals surface area (Å²) < 4.78 is 16.8. The van der Waals surface area contributed by atoms with E-state index in [1.165, 1.54) is 0 Å². The van der Waals surface area contributed by atoms with Crippen LogP contribution in [-0.2, 0) is 4.74 Å². The quantitative estimate of drug-likeness (QED) is 0.859. The number of methoxy groups -OCH3 is 1. The van der Waals surface area contributed by atoms with Crippen molar-refractivity contribution >= 4 is 0 Å². The number of rotatable bonds is 4. The van der Waals surface area contributed by atoms with Gasteiger partial charge in [-0.25, -0.2) is 0 Å². The van der Waals surface area contributed by atoms with Gasteiger partial charge in [-0.3, -0.25) is 4.90 Å². The van der Waals surface area contributed by atoms with Gasteiger partial charge in [0.05, 0.1) is 18.6 Å². The van der Waals surface area contributed by atoms with Crippen LogP contribution < -0.4 is 4.74 Å². The summed E-state index contributed by atoms with van der Waals surface area (Å²) in [6.07, 6.45) is 3.33. The summed E-state index contributed by atoms with van der Waals surface area (Å²) in [6, 6.07) is 8.37. The molecule has 2 aliphatic rings. The van der Waals surface area contributed by atoms with E-state index < -0.39 is 0 Å². The molecule has 3 heterocycles. The molecule has 0 saturated carbocycles. The Bertz CT molecular complexity index is 682. The molecular formula is C18H23N3O3. The molecule has 1 unspecified atom stereocenters. The van der Waals surface area contributed by atoms with Crippen molar-refractivity contribution in [1.29, 1.82) is 0 Å². The van der Waals surface area contributed by atoms with Crippen LogP contribution in [0.4, 0.5) is 0 Å². The van der Waals surface area contributed by atoms with Crippen molar-refractivity contribution in [1.82, 2.24) is 15.1 Å². The second-order valence-corrected chi connectivity index (χ2v) is 6.47. The lowest BCUT2D eigenvalue weighted by atomic mass is 10.1. The van der Waals surface area contributed by atoms with Crippen molar-refractivity contribution < 1.29 is 13.9 Å². The predicted octanol–water partition coefficient (Wildman–Crippen LogP) is 2.71. The number of para-hydroxylation sites is 1. The fraction of sp³-hybridized carbons (Fsp3) is 0.556. The van der Waals surface area contributed by atoms with Gasteiger partial charge in [0.2, 0.25) is 5.89 Å². The van der Waals surface area contributed by atoms with Gasteiger partial charge in [0.1, 0.15) is 5.75 Å². The third-order valence-electron chi connectivity index (χ3n) is 5.05. The minimum absolute atomic E-state index is 0.323. The molecule has 1 aromatic carbocycles. The van der Waals surface area contributed by atoms with Gasteiger partial charge in [-0.05, 0) is 37.9 Å². The van der Waals surface area contributed by atoms with E-state index in [4.69, 9.17) is 13.9 Å². The Hall–Kier alpha value is -1.92. The fourth-order valence-corrected chi connectivity index (χ4v) is 3.70. The number of aromatic nitrogens is 2. The van der Waals surface area contributed by atoms with Crippen LogP contribution in [0.2, 0.25) is 0 Å². The van der Waals surface area contributed by atoms with Crippen molar-refractivity contribution in [2.75, 3.05) is 33.4 Å². The number of likely N-dealkylation sites (tertiary alicyclic amines) is 1. The zero-order chi connectivity index (χ0) is 16.4. The molecule has 4 rings (SSSR count). The van der Waals surface area contributed by atoms with Crippen LogP contribution in [0, 0.1) is 0 Å². The molecule has 2 aliphatic heterocycles. The highest BCUT2D eigenvalue weighted by molar-refractivity contribution is 5.62. The van der Waals surface area contributed by atoms with Crippen molar-refractivity contribution in [3.63, 3.8) is 0 Å². The summed E-state index contributed by atoms with van der Waals surface area (Å²) >= 11 is 0. The molecule has 0 N–H and O–H groups in total. The van der Waals surface area contributed by atoms with Gasteiger partial charge in [-0.1, -0.05) is 12.1 Å². The van der Waals surface area contributed by atoms with E-state index in [1.54, 1.807) is 7.11 Å². The van der Waals surface area contributed by atoms with E-state index in [2.05, 4.69) is 15.1 Å². The molecule has 2 fully saturated rings. The predicted molar refractivity (Wildman–Crippen MR) is 89.1 cm³/mol. The molecule has 24 heavy (non-hydrogen) atoms. The molecular weight excluding hydrogens is 306 g/mol. The van der Waals surface area contributed by atoms with Crippen LogP contribution in [0.1, 0.15) is 31.1 Å². The van der Waals surface area contributed by atoms with Gasteiger partial charge in [0, 0.05) is 25.8 Å². The molecule has 2 saturated heterocycles. The highest BCUT2D eigenvalue weighted by Gasteiger charge is 2.33. The Morgan fingerprint density at radius 1 is 1.12 bits per heavy atom. The van der Waals surface area contributed by atoms with Crippen LogP contribution in [0.15, 0.2) is 28.7 Å². The van der Waals surface area contributed by atoms with Crippen LogP contribution >= 0.6 is 0 Å². The smallest absolute Gasteiger partial charge is 0.251 e. The highest BCUT2D eigenvalue weighted by Crippen LogP contribution is 2.33. The highest BCUT2D eigenvalue weighted by atomic mass is 16.5. The molecule has 0 amide bonds. The minimum Gasteiger partial charge on any atom is -0.496 e. The second kappa shape index (κ2) is 6.91. The van der Waals surface area contributed by atoms with Crippen LogP contribution in [0.3, 0.4) is 0 Å². The number of hydrogen-bond acceptors (Lipinski definition) is 6. The van der Waals surface area contributed by atoms with Crippen molar-refractivity contribution in [3.8, 4) is 17.2 Å². The van der Waals surface area contributed by atoms with Gasteiger partial charge >= 0.3 is 0 Å². The lowest BCUT2D eigenvalue weighted by Crippen LogP contribution is -2.37. The normalized spacial score (nSPS) is 22.8. The maximum absolute atomic E-state index is 5.98. The van der Waals surface area contributed by atoms with E-state index in [0.29, 0.717) is 17.9 Å². The Balaban J connectivity index is 1.47. The SMILES string of the molecule is COc1ccccc1-c1nnc(C2CCN(C3CCOCC3)C2)o1. The molecule has 0 radical (unpaired) electrons. The first-order chi connectivity index (χ1) is 11.8. The summed E-state index contributed by atoms with van der Waals surface area (Å²) in [7, 11) is 1.65. The molecule has 128 valence electrons. The van der Waals surface area contributed by atoms with E-state index in [-0.39, 0.29) is 0 Å². The van der Waals surface area contributed by atoms with Crippen LogP contribution in [0.5, 0.6) is 5.75 Å².